The molecule has 4 rings (SSSR count). The quantitative estimate of drug-likeness (QED) is 0.420. The van der Waals surface area contributed by atoms with Crippen LogP contribution in [-0.4, -0.2) is 48.7 Å². The number of amides is 3. The van der Waals surface area contributed by atoms with Crippen molar-refractivity contribution >= 4 is 17.9 Å². The molecule has 1 heterocycles. The highest BCUT2D eigenvalue weighted by Gasteiger charge is 2.47. The van der Waals surface area contributed by atoms with Gasteiger partial charge in [0, 0.05) is 24.5 Å². The lowest BCUT2D eigenvalue weighted by molar-refractivity contribution is -0.144. The van der Waals surface area contributed by atoms with Gasteiger partial charge in [0.15, 0.2) is 0 Å². The van der Waals surface area contributed by atoms with E-state index >= 15 is 0 Å². The Morgan fingerprint density at radius 2 is 1.84 bits per heavy atom. The maximum Gasteiger partial charge on any atom is 0.324 e. The van der Waals surface area contributed by atoms with E-state index in [1.54, 1.807) is 0 Å². The molecule has 2 aliphatic carbocycles. The number of fused-ring (bicyclic) bond motifs is 1. The summed E-state index contributed by atoms with van der Waals surface area (Å²) in [5.41, 5.74) is 6.34. The maximum atomic E-state index is 13.3. The van der Waals surface area contributed by atoms with Gasteiger partial charge in [-0.3, -0.25) is 15.0 Å². The first-order valence-corrected chi connectivity index (χ1v) is 11.5. The van der Waals surface area contributed by atoms with Crippen LogP contribution in [-0.2, 0) is 20.9 Å². The molecule has 32 heavy (non-hydrogen) atoms. The molecule has 5 N–H and O–H groups in total. The third-order valence-electron chi connectivity index (χ3n) is 7.08. The number of rotatable bonds is 6. The number of nitrogens with one attached hydrogen (secondary N) is 5. The number of benzene rings is 1. The molecular weight excluding hydrogens is 410 g/mol. The van der Waals surface area contributed by atoms with Gasteiger partial charge in [0.1, 0.15) is 11.6 Å². The lowest BCUT2D eigenvalue weighted by Crippen LogP contribution is -2.61. The van der Waals surface area contributed by atoms with Crippen LogP contribution in [0.25, 0.3) is 0 Å². The SMILES string of the molecule is COC(=O)C1NNC2CCC(NC(=O)C3(NC(=O)NCc4ccccc4)CCCC3)CC21. The van der Waals surface area contributed by atoms with Crippen molar-refractivity contribution in [1.82, 2.24) is 26.8 Å². The van der Waals surface area contributed by atoms with Gasteiger partial charge >= 0.3 is 12.0 Å². The Morgan fingerprint density at radius 3 is 2.56 bits per heavy atom. The average molecular weight is 444 g/mol. The first-order chi connectivity index (χ1) is 15.5. The van der Waals surface area contributed by atoms with E-state index in [2.05, 4.69) is 26.8 Å². The van der Waals surface area contributed by atoms with Crippen molar-refractivity contribution in [2.45, 2.75) is 75.2 Å². The summed E-state index contributed by atoms with van der Waals surface area (Å²) in [5.74, 6) is -0.356. The monoisotopic (exact) mass is 443 g/mol. The lowest BCUT2D eigenvalue weighted by Gasteiger charge is -2.36. The Bertz CT molecular complexity index is 827. The summed E-state index contributed by atoms with van der Waals surface area (Å²) in [4.78, 5) is 38.0. The normalized spacial score (nSPS) is 28.4. The van der Waals surface area contributed by atoms with Crippen LogP contribution in [0.1, 0.15) is 50.5 Å². The molecule has 1 aromatic carbocycles. The number of esters is 1. The van der Waals surface area contributed by atoms with Crippen molar-refractivity contribution < 1.29 is 19.1 Å². The molecule has 174 valence electrons. The molecule has 4 unspecified atom stereocenters. The van der Waals surface area contributed by atoms with Gasteiger partial charge in [-0.2, -0.15) is 0 Å². The summed E-state index contributed by atoms with van der Waals surface area (Å²) >= 11 is 0. The number of urea groups is 1. The van der Waals surface area contributed by atoms with Gasteiger partial charge in [-0.05, 0) is 37.7 Å². The van der Waals surface area contributed by atoms with Crippen LogP contribution in [0.3, 0.4) is 0 Å². The Kier molecular flexibility index (Phi) is 6.95. The van der Waals surface area contributed by atoms with Crippen molar-refractivity contribution in [1.29, 1.82) is 0 Å². The number of ether oxygens (including phenoxy) is 1. The maximum absolute atomic E-state index is 13.3. The second kappa shape index (κ2) is 9.87. The summed E-state index contributed by atoms with van der Waals surface area (Å²) in [5, 5.41) is 9.02. The number of hydrogen-bond acceptors (Lipinski definition) is 6. The molecule has 9 nitrogen and oxygen atoms in total. The van der Waals surface area contributed by atoms with E-state index in [1.807, 2.05) is 30.3 Å². The summed E-state index contributed by atoms with van der Waals surface area (Å²) in [7, 11) is 1.39. The van der Waals surface area contributed by atoms with Crippen LogP contribution >= 0.6 is 0 Å². The highest BCUT2D eigenvalue weighted by atomic mass is 16.5. The lowest BCUT2D eigenvalue weighted by atomic mass is 9.79. The molecular formula is C23H33N5O4. The fourth-order valence-corrected chi connectivity index (χ4v) is 5.30. The van der Waals surface area contributed by atoms with Crippen LogP contribution < -0.4 is 26.8 Å². The summed E-state index contributed by atoms with van der Waals surface area (Å²) in [6, 6.07) is 9.09. The third kappa shape index (κ3) is 4.88. The minimum atomic E-state index is -0.883. The number of carbonyl (C=O) groups is 3. The summed E-state index contributed by atoms with van der Waals surface area (Å²) < 4.78 is 4.91. The van der Waals surface area contributed by atoms with E-state index in [9.17, 15) is 14.4 Å². The smallest absolute Gasteiger partial charge is 0.324 e. The average Bonchev–Trinajstić information content (AvgIpc) is 3.45. The highest BCUT2D eigenvalue weighted by molar-refractivity contribution is 5.91. The van der Waals surface area contributed by atoms with Gasteiger partial charge in [-0.1, -0.05) is 43.2 Å². The van der Waals surface area contributed by atoms with Crippen molar-refractivity contribution in [3.8, 4) is 0 Å². The van der Waals surface area contributed by atoms with Crippen molar-refractivity contribution in [2.24, 2.45) is 5.92 Å². The molecule has 0 aromatic heterocycles. The van der Waals surface area contributed by atoms with E-state index in [0.717, 1.165) is 31.2 Å². The molecule has 3 aliphatic rings. The topological polar surface area (TPSA) is 121 Å². The van der Waals surface area contributed by atoms with Crippen LogP contribution in [0, 0.1) is 5.92 Å². The van der Waals surface area contributed by atoms with Gasteiger partial charge in [0.05, 0.1) is 7.11 Å². The second-order valence-corrected chi connectivity index (χ2v) is 9.13. The van der Waals surface area contributed by atoms with Gasteiger partial charge in [0.2, 0.25) is 5.91 Å². The zero-order chi connectivity index (χ0) is 22.6. The highest BCUT2D eigenvalue weighted by Crippen LogP contribution is 2.33. The Hall–Kier alpha value is -2.65. The minimum Gasteiger partial charge on any atom is -0.468 e. The molecule has 1 aliphatic heterocycles. The zero-order valence-electron chi connectivity index (χ0n) is 18.5. The van der Waals surface area contributed by atoms with Crippen LogP contribution in [0.2, 0.25) is 0 Å². The predicted octanol–water partition coefficient (Wildman–Crippen LogP) is 1.10. The molecule has 4 atom stereocenters. The van der Waals surface area contributed by atoms with Crippen molar-refractivity contribution in [3.63, 3.8) is 0 Å². The van der Waals surface area contributed by atoms with Crippen LogP contribution in [0.5, 0.6) is 0 Å². The fourth-order valence-electron chi connectivity index (χ4n) is 5.30. The van der Waals surface area contributed by atoms with Gasteiger partial charge in [0.25, 0.3) is 0 Å². The van der Waals surface area contributed by atoms with E-state index in [4.69, 9.17) is 4.74 Å². The Labute approximate surface area is 188 Å². The van der Waals surface area contributed by atoms with Crippen LogP contribution in [0.4, 0.5) is 4.79 Å². The van der Waals surface area contributed by atoms with E-state index in [-0.39, 0.29) is 35.9 Å². The van der Waals surface area contributed by atoms with E-state index < -0.39 is 11.6 Å². The van der Waals surface area contributed by atoms with Crippen LogP contribution in [0.15, 0.2) is 30.3 Å². The molecule has 9 heteroatoms. The largest absolute Gasteiger partial charge is 0.468 e. The standard InChI is InChI=1S/C23H33N5O4/c1-32-20(29)19-17-13-16(9-10-18(17)27-28-19)25-21(30)23(11-5-6-12-23)26-22(31)24-14-15-7-3-2-4-8-15/h2-4,7-8,16-19,27-28H,5-6,9-14H2,1H3,(H,25,30)(H2,24,26,31). The van der Waals surface area contributed by atoms with Crippen molar-refractivity contribution in [3.05, 3.63) is 35.9 Å². The second-order valence-electron chi connectivity index (χ2n) is 9.13. The Balaban J connectivity index is 1.34. The molecule has 0 spiro atoms. The predicted molar refractivity (Wildman–Crippen MR) is 118 cm³/mol. The number of hydrogen-bond donors (Lipinski definition) is 5. The number of carbonyl (C=O) groups excluding carboxylic acids is 3. The molecule has 1 saturated heterocycles. The van der Waals surface area contributed by atoms with E-state index in [0.29, 0.717) is 25.8 Å². The molecule has 3 fully saturated rings. The molecule has 0 bridgehead atoms. The summed E-state index contributed by atoms with van der Waals surface area (Å²) in [6.07, 6.45) is 5.43. The minimum absolute atomic E-state index is 0.0377. The number of methoxy groups -OCH3 is 1. The first kappa shape index (κ1) is 22.5. The Morgan fingerprint density at radius 1 is 1.09 bits per heavy atom. The first-order valence-electron chi connectivity index (χ1n) is 11.5. The summed E-state index contributed by atoms with van der Waals surface area (Å²) in [6.45, 7) is 0.408. The van der Waals surface area contributed by atoms with Gasteiger partial charge < -0.3 is 20.7 Å². The van der Waals surface area contributed by atoms with Gasteiger partial charge in [-0.15, -0.1) is 0 Å². The molecule has 3 amide bonds. The molecule has 0 radical (unpaired) electrons. The van der Waals surface area contributed by atoms with Gasteiger partial charge in [-0.25, -0.2) is 10.2 Å². The fraction of sp³-hybridized carbons (Fsp3) is 0.609. The molecule has 1 aromatic rings. The third-order valence-corrected chi connectivity index (χ3v) is 7.08. The van der Waals surface area contributed by atoms with E-state index in [1.165, 1.54) is 7.11 Å². The molecule has 2 saturated carbocycles. The zero-order valence-corrected chi connectivity index (χ0v) is 18.5. The van der Waals surface area contributed by atoms with Crippen molar-refractivity contribution in [2.75, 3.05) is 7.11 Å². The number of hydrazine groups is 1.